The van der Waals surface area contributed by atoms with Gasteiger partial charge in [-0.05, 0) is 43.5 Å². The number of carbonyl (C=O) groups is 1. The van der Waals surface area contributed by atoms with E-state index in [9.17, 15) is 4.79 Å². The van der Waals surface area contributed by atoms with Crippen molar-refractivity contribution >= 4 is 11.6 Å². The van der Waals surface area contributed by atoms with Crippen LogP contribution in [0.2, 0.25) is 0 Å². The zero-order valence-electron chi connectivity index (χ0n) is 12.2. The molecule has 0 radical (unpaired) electrons. The first-order valence-corrected chi connectivity index (χ1v) is 7.35. The van der Waals surface area contributed by atoms with Crippen LogP contribution in [0.4, 0.5) is 5.69 Å². The molecule has 0 aliphatic heterocycles. The molecule has 2 aromatic rings. The molecule has 0 spiro atoms. The molecule has 110 valence electrons. The van der Waals surface area contributed by atoms with Crippen molar-refractivity contribution in [1.82, 2.24) is 14.9 Å². The smallest absolute Gasteiger partial charge is 0.267 e. The molecule has 3 rings (SSSR count). The van der Waals surface area contributed by atoms with Gasteiger partial charge in [0.1, 0.15) is 5.69 Å². The molecule has 21 heavy (non-hydrogen) atoms. The van der Waals surface area contributed by atoms with Crippen LogP contribution in [-0.4, -0.2) is 28.5 Å². The molecular weight excluding hydrogens is 264 g/mol. The summed E-state index contributed by atoms with van der Waals surface area (Å²) in [6.07, 6.45) is 7.93. The first kappa shape index (κ1) is 13.7. The number of aromatic nitrogens is 2. The van der Waals surface area contributed by atoms with Gasteiger partial charge in [0.15, 0.2) is 0 Å². The van der Waals surface area contributed by atoms with Gasteiger partial charge in [0, 0.05) is 43.4 Å². The molecule has 0 bridgehead atoms. The fourth-order valence-electron chi connectivity index (χ4n) is 2.39. The number of rotatable bonds is 6. The van der Waals surface area contributed by atoms with Crippen molar-refractivity contribution in [2.75, 3.05) is 18.4 Å². The molecule has 0 atom stereocenters. The summed E-state index contributed by atoms with van der Waals surface area (Å²) in [5, 5.41) is 6.26. The SMILES string of the molecule is Cc1cnccc1NCCNC(=O)c1cccn1C1CC1. The van der Waals surface area contributed by atoms with Gasteiger partial charge in [-0.2, -0.15) is 0 Å². The van der Waals surface area contributed by atoms with Gasteiger partial charge in [0.05, 0.1) is 0 Å². The Morgan fingerprint density at radius 1 is 1.38 bits per heavy atom. The van der Waals surface area contributed by atoms with E-state index in [2.05, 4.69) is 20.2 Å². The van der Waals surface area contributed by atoms with Gasteiger partial charge in [0.2, 0.25) is 0 Å². The number of nitrogens with zero attached hydrogens (tertiary/aromatic N) is 2. The Morgan fingerprint density at radius 3 is 3.00 bits per heavy atom. The molecular formula is C16H20N4O. The Hall–Kier alpha value is -2.30. The van der Waals surface area contributed by atoms with Gasteiger partial charge >= 0.3 is 0 Å². The molecule has 1 amide bonds. The third-order valence-electron chi connectivity index (χ3n) is 3.70. The highest BCUT2D eigenvalue weighted by molar-refractivity contribution is 5.92. The minimum Gasteiger partial charge on any atom is -0.383 e. The standard InChI is InChI=1S/C16H20N4O/c1-12-11-17-7-6-14(12)18-8-9-19-16(21)15-3-2-10-20(15)13-4-5-13/h2-3,6-7,10-11,13H,4-5,8-9H2,1H3,(H,17,18)(H,19,21). The van der Waals surface area contributed by atoms with Crippen LogP contribution in [-0.2, 0) is 0 Å². The van der Waals surface area contributed by atoms with Crippen LogP contribution >= 0.6 is 0 Å². The lowest BCUT2D eigenvalue weighted by Gasteiger charge is -2.11. The molecule has 1 aliphatic rings. The van der Waals surface area contributed by atoms with E-state index in [0.717, 1.165) is 16.9 Å². The van der Waals surface area contributed by atoms with Crippen LogP contribution in [0.1, 0.15) is 34.9 Å². The highest BCUT2D eigenvalue weighted by Crippen LogP contribution is 2.35. The Morgan fingerprint density at radius 2 is 2.24 bits per heavy atom. The molecule has 1 aliphatic carbocycles. The van der Waals surface area contributed by atoms with Gasteiger partial charge in [-0.15, -0.1) is 0 Å². The zero-order chi connectivity index (χ0) is 14.7. The summed E-state index contributed by atoms with van der Waals surface area (Å²) in [5.74, 6) is 0.000139. The zero-order valence-corrected chi connectivity index (χ0v) is 12.2. The molecule has 2 aromatic heterocycles. The van der Waals surface area contributed by atoms with Crippen LogP contribution in [0.3, 0.4) is 0 Å². The first-order chi connectivity index (χ1) is 10.3. The lowest BCUT2D eigenvalue weighted by Crippen LogP contribution is -2.30. The van der Waals surface area contributed by atoms with E-state index in [1.165, 1.54) is 12.8 Å². The summed E-state index contributed by atoms with van der Waals surface area (Å²) in [6, 6.07) is 6.29. The molecule has 1 saturated carbocycles. The van der Waals surface area contributed by atoms with Crippen molar-refractivity contribution in [2.45, 2.75) is 25.8 Å². The summed E-state index contributed by atoms with van der Waals surface area (Å²) in [6.45, 7) is 3.30. The highest BCUT2D eigenvalue weighted by atomic mass is 16.1. The summed E-state index contributed by atoms with van der Waals surface area (Å²) in [4.78, 5) is 16.2. The lowest BCUT2D eigenvalue weighted by molar-refractivity contribution is 0.0945. The molecule has 5 nitrogen and oxygen atoms in total. The Labute approximate surface area is 124 Å². The first-order valence-electron chi connectivity index (χ1n) is 7.35. The number of anilines is 1. The van der Waals surface area contributed by atoms with E-state index in [1.54, 1.807) is 6.20 Å². The number of pyridine rings is 1. The number of amides is 1. The average Bonchev–Trinajstić information content (AvgIpc) is 3.22. The summed E-state index contributed by atoms with van der Waals surface area (Å²) in [5.41, 5.74) is 2.92. The summed E-state index contributed by atoms with van der Waals surface area (Å²) < 4.78 is 2.08. The maximum absolute atomic E-state index is 12.2. The predicted octanol–water partition coefficient (Wildman–Crippen LogP) is 2.37. The lowest BCUT2D eigenvalue weighted by atomic mass is 10.2. The topological polar surface area (TPSA) is 59.0 Å². The fraction of sp³-hybridized carbons (Fsp3) is 0.375. The molecule has 0 saturated heterocycles. The Bertz CT molecular complexity index is 631. The summed E-state index contributed by atoms with van der Waals surface area (Å²) >= 11 is 0. The van der Waals surface area contributed by atoms with Gasteiger partial charge in [-0.3, -0.25) is 9.78 Å². The molecule has 5 heteroatoms. The highest BCUT2D eigenvalue weighted by Gasteiger charge is 2.26. The normalized spacial score (nSPS) is 14.0. The summed E-state index contributed by atoms with van der Waals surface area (Å²) in [7, 11) is 0. The number of hydrogen-bond donors (Lipinski definition) is 2. The molecule has 0 aromatic carbocycles. The van der Waals surface area contributed by atoms with Crippen LogP contribution in [0.25, 0.3) is 0 Å². The van der Waals surface area contributed by atoms with Crippen molar-refractivity contribution in [3.8, 4) is 0 Å². The van der Waals surface area contributed by atoms with E-state index in [0.29, 0.717) is 19.1 Å². The van der Waals surface area contributed by atoms with E-state index < -0.39 is 0 Å². The van der Waals surface area contributed by atoms with Crippen LogP contribution in [0, 0.1) is 6.92 Å². The minimum absolute atomic E-state index is 0.000139. The third-order valence-corrected chi connectivity index (χ3v) is 3.70. The second-order valence-electron chi connectivity index (χ2n) is 5.41. The predicted molar refractivity (Wildman–Crippen MR) is 82.5 cm³/mol. The molecule has 1 fully saturated rings. The van der Waals surface area contributed by atoms with Gasteiger partial charge in [0.25, 0.3) is 5.91 Å². The van der Waals surface area contributed by atoms with E-state index in [1.807, 2.05) is 37.5 Å². The molecule has 2 N–H and O–H groups in total. The fourth-order valence-corrected chi connectivity index (χ4v) is 2.39. The Balaban J connectivity index is 1.48. The monoisotopic (exact) mass is 284 g/mol. The number of hydrogen-bond acceptors (Lipinski definition) is 3. The number of nitrogens with one attached hydrogen (secondary N) is 2. The average molecular weight is 284 g/mol. The van der Waals surface area contributed by atoms with Gasteiger partial charge in [-0.25, -0.2) is 0 Å². The second-order valence-corrected chi connectivity index (χ2v) is 5.41. The van der Waals surface area contributed by atoms with E-state index >= 15 is 0 Å². The van der Waals surface area contributed by atoms with E-state index in [-0.39, 0.29) is 5.91 Å². The second kappa shape index (κ2) is 5.99. The van der Waals surface area contributed by atoms with Crippen molar-refractivity contribution in [2.24, 2.45) is 0 Å². The third kappa shape index (κ3) is 3.24. The van der Waals surface area contributed by atoms with E-state index in [4.69, 9.17) is 0 Å². The Kier molecular flexibility index (Phi) is 3.90. The van der Waals surface area contributed by atoms with Crippen molar-refractivity contribution in [1.29, 1.82) is 0 Å². The number of carbonyl (C=O) groups excluding carboxylic acids is 1. The quantitative estimate of drug-likeness (QED) is 0.801. The maximum atomic E-state index is 12.2. The van der Waals surface area contributed by atoms with Gasteiger partial charge in [-0.1, -0.05) is 0 Å². The van der Waals surface area contributed by atoms with Crippen LogP contribution in [0.5, 0.6) is 0 Å². The van der Waals surface area contributed by atoms with Crippen molar-refractivity contribution in [3.05, 3.63) is 48.0 Å². The molecule has 0 unspecified atom stereocenters. The molecule has 2 heterocycles. The minimum atomic E-state index is 0.000139. The van der Waals surface area contributed by atoms with Crippen molar-refractivity contribution < 1.29 is 4.79 Å². The van der Waals surface area contributed by atoms with Crippen LogP contribution < -0.4 is 10.6 Å². The number of aryl methyl sites for hydroxylation is 1. The maximum Gasteiger partial charge on any atom is 0.267 e. The van der Waals surface area contributed by atoms with Gasteiger partial charge < -0.3 is 15.2 Å². The largest absolute Gasteiger partial charge is 0.383 e. The van der Waals surface area contributed by atoms with Crippen molar-refractivity contribution in [3.63, 3.8) is 0 Å². The van der Waals surface area contributed by atoms with Crippen LogP contribution in [0.15, 0.2) is 36.8 Å².